The van der Waals surface area contributed by atoms with Crippen molar-refractivity contribution in [3.8, 4) is 5.75 Å². The smallest absolute Gasteiger partial charge is 0.496 e. The summed E-state index contributed by atoms with van der Waals surface area (Å²) < 4.78 is 66.9. The number of alkyl halides is 3. The summed E-state index contributed by atoms with van der Waals surface area (Å²) in [4.78, 5) is -0.751. The van der Waals surface area contributed by atoms with Gasteiger partial charge in [0.25, 0.3) is 9.84 Å². The average Bonchev–Trinajstić information content (AvgIpc) is 3.31. The second-order valence-electron chi connectivity index (χ2n) is 7.51. The van der Waals surface area contributed by atoms with E-state index in [4.69, 9.17) is 4.74 Å². The van der Waals surface area contributed by atoms with E-state index in [2.05, 4.69) is 12.2 Å². The Morgan fingerprint density at radius 2 is 1.48 bits per heavy atom. The van der Waals surface area contributed by atoms with Gasteiger partial charge in [-0.3, -0.25) is 0 Å². The zero-order valence-electron chi connectivity index (χ0n) is 15.9. The van der Waals surface area contributed by atoms with Crippen molar-refractivity contribution in [1.82, 2.24) is 0 Å². The van der Waals surface area contributed by atoms with E-state index in [1.165, 1.54) is 12.1 Å². The topological polar surface area (TPSA) is 43.4 Å². The molecule has 0 unspecified atom stereocenters. The van der Waals surface area contributed by atoms with Gasteiger partial charge in [-0.2, -0.15) is 13.2 Å². The Morgan fingerprint density at radius 3 is 1.97 bits per heavy atom. The molecule has 2 aliphatic carbocycles. The van der Waals surface area contributed by atoms with Gasteiger partial charge in [0.1, 0.15) is 5.75 Å². The molecule has 0 saturated heterocycles. The molecule has 1 saturated carbocycles. The molecule has 2 aromatic rings. The first-order chi connectivity index (χ1) is 13.6. The van der Waals surface area contributed by atoms with Crippen LogP contribution >= 0.6 is 0 Å². The van der Waals surface area contributed by atoms with Gasteiger partial charge >= 0.3 is 5.51 Å². The lowest BCUT2D eigenvalue weighted by Gasteiger charge is -2.13. The lowest BCUT2D eigenvalue weighted by Crippen LogP contribution is -2.23. The maximum atomic E-state index is 12.8. The SMILES string of the molecule is COc1ccc(C2=CC3(C=C2c2ccc(S(=O)(=O)C(F)(F)F)cc2)CC3)cc1C. The van der Waals surface area contributed by atoms with Crippen molar-refractivity contribution in [1.29, 1.82) is 0 Å². The first-order valence-electron chi connectivity index (χ1n) is 9.09. The van der Waals surface area contributed by atoms with Gasteiger partial charge in [-0.1, -0.05) is 30.4 Å². The minimum atomic E-state index is -5.35. The predicted molar refractivity (Wildman–Crippen MR) is 105 cm³/mol. The summed E-state index contributed by atoms with van der Waals surface area (Å²) in [5.74, 6) is 0.778. The average molecular weight is 420 g/mol. The first kappa shape index (κ1) is 19.8. The number of benzene rings is 2. The molecule has 2 aromatic carbocycles. The first-order valence-corrected chi connectivity index (χ1v) is 10.6. The van der Waals surface area contributed by atoms with Gasteiger partial charge in [0.2, 0.25) is 0 Å². The van der Waals surface area contributed by atoms with Crippen molar-refractivity contribution >= 4 is 21.0 Å². The number of halogens is 3. The summed E-state index contributed by atoms with van der Waals surface area (Å²) in [5.41, 5.74) is -0.753. The monoisotopic (exact) mass is 420 g/mol. The summed E-state index contributed by atoms with van der Waals surface area (Å²) in [6.45, 7) is 1.95. The van der Waals surface area contributed by atoms with Crippen molar-refractivity contribution in [2.45, 2.75) is 30.2 Å². The maximum Gasteiger partial charge on any atom is 0.501 e. The molecule has 1 fully saturated rings. The van der Waals surface area contributed by atoms with Crippen molar-refractivity contribution in [3.05, 3.63) is 71.3 Å². The molecule has 0 aromatic heterocycles. The number of sulfone groups is 1. The number of allylic oxidation sites excluding steroid dienone is 4. The van der Waals surface area contributed by atoms with E-state index in [0.717, 1.165) is 53.0 Å². The Bertz CT molecular complexity index is 1140. The third-order valence-corrected chi connectivity index (χ3v) is 6.97. The van der Waals surface area contributed by atoms with Crippen LogP contribution in [0.25, 0.3) is 11.1 Å². The molecular formula is C22H19F3O3S. The van der Waals surface area contributed by atoms with Crippen LogP contribution in [-0.4, -0.2) is 21.0 Å². The summed E-state index contributed by atoms with van der Waals surface area (Å²) in [7, 11) is -3.75. The molecule has 152 valence electrons. The molecule has 0 radical (unpaired) electrons. The van der Waals surface area contributed by atoms with E-state index in [1.807, 2.05) is 25.1 Å². The minimum absolute atomic E-state index is 0.00475. The van der Waals surface area contributed by atoms with Gasteiger partial charge in [-0.15, -0.1) is 0 Å². The Labute approximate surface area is 167 Å². The highest BCUT2D eigenvalue weighted by Gasteiger charge is 2.47. The Morgan fingerprint density at radius 1 is 0.931 bits per heavy atom. The van der Waals surface area contributed by atoms with Crippen LogP contribution in [0.4, 0.5) is 13.2 Å². The van der Waals surface area contributed by atoms with Crippen LogP contribution in [0.2, 0.25) is 0 Å². The molecule has 2 aliphatic rings. The molecule has 0 atom stereocenters. The van der Waals surface area contributed by atoms with Gasteiger partial charge < -0.3 is 4.74 Å². The molecule has 4 rings (SSSR count). The van der Waals surface area contributed by atoms with Crippen LogP contribution in [-0.2, 0) is 9.84 Å². The second-order valence-corrected chi connectivity index (χ2v) is 9.45. The van der Waals surface area contributed by atoms with Crippen LogP contribution in [0, 0.1) is 12.3 Å². The van der Waals surface area contributed by atoms with E-state index in [9.17, 15) is 21.6 Å². The molecule has 0 amide bonds. The van der Waals surface area contributed by atoms with Crippen molar-refractivity contribution in [3.63, 3.8) is 0 Å². The number of ether oxygens (including phenoxy) is 1. The third-order valence-electron chi connectivity index (χ3n) is 5.47. The van der Waals surface area contributed by atoms with E-state index in [-0.39, 0.29) is 5.41 Å². The summed E-state index contributed by atoms with van der Waals surface area (Å²) in [6.07, 6.45) is 6.38. The molecule has 3 nitrogen and oxygen atoms in total. The van der Waals surface area contributed by atoms with Gasteiger partial charge in [0.15, 0.2) is 0 Å². The molecule has 1 spiro atoms. The van der Waals surface area contributed by atoms with E-state index >= 15 is 0 Å². The standard InChI is InChI=1S/C22H19F3O3S/c1-14-11-16(5-8-20(14)28-2)19-13-21(9-10-21)12-18(19)15-3-6-17(7-4-15)29(26,27)22(23,24)25/h3-8,11-13H,9-10H2,1-2H3. The Kier molecular flexibility index (Phi) is 4.42. The highest BCUT2D eigenvalue weighted by atomic mass is 32.2. The number of aryl methyl sites for hydroxylation is 1. The van der Waals surface area contributed by atoms with E-state index in [0.29, 0.717) is 5.56 Å². The Balaban J connectivity index is 1.73. The highest BCUT2D eigenvalue weighted by Crippen LogP contribution is 2.57. The maximum absolute atomic E-state index is 12.8. The summed E-state index contributed by atoms with van der Waals surface area (Å²) in [6, 6.07) is 10.8. The molecule has 29 heavy (non-hydrogen) atoms. The number of rotatable bonds is 4. The quantitative estimate of drug-likeness (QED) is 0.651. The molecule has 0 N–H and O–H groups in total. The van der Waals surface area contributed by atoms with Gasteiger partial charge in [-0.25, -0.2) is 8.42 Å². The van der Waals surface area contributed by atoms with Gasteiger partial charge in [-0.05, 0) is 71.9 Å². The Hall–Kier alpha value is -2.54. The molecule has 7 heteroatoms. The van der Waals surface area contributed by atoms with Gasteiger partial charge in [0, 0.05) is 5.41 Å². The number of methoxy groups -OCH3 is 1. The lowest BCUT2D eigenvalue weighted by molar-refractivity contribution is -0.0436. The minimum Gasteiger partial charge on any atom is -0.496 e. The third kappa shape index (κ3) is 3.37. The lowest BCUT2D eigenvalue weighted by atomic mass is 9.94. The van der Waals surface area contributed by atoms with E-state index in [1.54, 1.807) is 7.11 Å². The number of hydrogen-bond acceptors (Lipinski definition) is 3. The van der Waals surface area contributed by atoms with Crippen molar-refractivity contribution in [2.75, 3.05) is 7.11 Å². The van der Waals surface area contributed by atoms with Crippen molar-refractivity contribution < 1.29 is 26.3 Å². The fraction of sp³-hybridized carbons (Fsp3) is 0.273. The normalized spacial score (nSPS) is 17.8. The summed E-state index contributed by atoms with van der Waals surface area (Å²) in [5, 5.41) is 0. The van der Waals surface area contributed by atoms with Crippen LogP contribution in [0.15, 0.2) is 59.5 Å². The van der Waals surface area contributed by atoms with Gasteiger partial charge in [0.05, 0.1) is 12.0 Å². The molecule has 0 heterocycles. The fourth-order valence-corrected chi connectivity index (χ4v) is 4.44. The van der Waals surface area contributed by atoms with Crippen LogP contribution in [0.5, 0.6) is 5.75 Å². The van der Waals surface area contributed by atoms with Crippen LogP contribution in [0.3, 0.4) is 0 Å². The zero-order valence-corrected chi connectivity index (χ0v) is 16.7. The predicted octanol–water partition coefficient (Wildman–Crippen LogP) is 5.56. The number of hydrogen-bond donors (Lipinski definition) is 0. The van der Waals surface area contributed by atoms with Crippen LogP contribution in [0.1, 0.15) is 29.5 Å². The molecule has 0 aliphatic heterocycles. The fourth-order valence-electron chi connectivity index (χ4n) is 3.68. The molecule has 0 bridgehead atoms. The zero-order chi connectivity index (χ0) is 21.0. The highest BCUT2D eigenvalue weighted by molar-refractivity contribution is 7.92. The second kappa shape index (κ2) is 6.49. The molecular weight excluding hydrogens is 401 g/mol. The summed E-state index contributed by atoms with van der Waals surface area (Å²) >= 11 is 0. The van der Waals surface area contributed by atoms with Crippen molar-refractivity contribution in [2.24, 2.45) is 5.41 Å². The van der Waals surface area contributed by atoms with Crippen LogP contribution < -0.4 is 4.74 Å². The van der Waals surface area contributed by atoms with E-state index < -0.39 is 20.2 Å². The largest absolute Gasteiger partial charge is 0.501 e.